The van der Waals surface area contributed by atoms with Crippen LogP contribution in [0.4, 0.5) is 5.69 Å². The van der Waals surface area contributed by atoms with Crippen molar-refractivity contribution in [2.24, 2.45) is 0 Å². The SMILES string of the molecule is [CH2-][NH2+]c1ccc(C(C)CC)cc1. The second-order valence-electron chi connectivity index (χ2n) is 3.18. The summed E-state index contributed by atoms with van der Waals surface area (Å²) in [6.45, 7) is 4.47. The normalized spacial score (nSPS) is 12.9. The standard InChI is InChI=1S/C11H17N/c1-4-9(2)10-5-7-11(12-3)8-6-10/h5-9H,3-4,12H2,1-2H3. The van der Waals surface area contributed by atoms with Gasteiger partial charge in [-0.15, -0.1) is 7.05 Å². The summed E-state index contributed by atoms with van der Waals surface area (Å²) in [7, 11) is 3.73. The van der Waals surface area contributed by atoms with Crippen LogP contribution >= 0.6 is 0 Å². The first-order valence-corrected chi connectivity index (χ1v) is 4.50. The van der Waals surface area contributed by atoms with Crippen LogP contribution in [0.1, 0.15) is 31.7 Å². The molecule has 1 aromatic carbocycles. The number of rotatable bonds is 3. The molecule has 0 radical (unpaired) electrons. The summed E-state index contributed by atoms with van der Waals surface area (Å²) in [4.78, 5) is 0. The zero-order valence-corrected chi connectivity index (χ0v) is 7.88. The molecule has 0 amide bonds. The van der Waals surface area contributed by atoms with Gasteiger partial charge in [-0.05, 0) is 30.0 Å². The second kappa shape index (κ2) is 4.27. The molecule has 66 valence electrons. The van der Waals surface area contributed by atoms with E-state index in [1.807, 2.05) is 5.32 Å². The Balaban J connectivity index is 2.77. The van der Waals surface area contributed by atoms with Gasteiger partial charge in [0.15, 0.2) is 0 Å². The van der Waals surface area contributed by atoms with Crippen LogP contribution in [0.25, 0.3) is 0 Å². The smallest absolute Gasteiger partial charge is 0.103 e. The van der Waals surface area contributed by atoms with Crippen molar-refractivity contribution in [1.82, 2.24) is 0 Å². The molecule has 1 rings (SSSR count). The van der Waals surface area contributed by atoms with E-state index in [-0.39, 0.29) is 0 Å². The molecule has 0 aliphatic rings. The zero-order chi connectivity index (χ0) is 8.97. The highest BCUT2D eigenvalue weighted by Gasteiger charge is 2.01. The Morgan fingerprint density at radius 3 is 2.33 bits per heavy atom. The van der Waals surface area contributed by atoms with Gasteiger partial charge in [-0.25, -0.2) is 0 Å². The maximum atomic E-state index is 3.73. The molecule has 2 N–H and O–H groups in total. The molecular weight excluding hydrogens is 146 g/mol. The average Bonchev–Trinajstić information content (AvgIpc) is 2.17. The Kier molecular flexibility index (Phi) is 3.30. The topological polar surface area (TPSA) is 16.6 Å². The molecule has 1 atom stereocenters. The van der Waals surface area contributed by atoms with Gasteiger partial charge >= 0.3 is 0 Å². The van der Waals surface area contributed by atoms with Crippen LogP contribution in [0, 0.1) is 7.05 Å². The minimum atomic E-state index is 0.670. The molecule has 0 fully saturated rings. The summed E-state index contributed by atoms with van der Waals surface area (Å²) >= 11 is 0. The van der Waals surface area contributed by atoms with Crippen LogP contribution in [-0.2, 0) is 0 Å². The third-order valence-corrected chi connectivity index (χ3v) is 2.35. The first-order chi connectivity index (χ1) is 5.77. The molecule has 0 bridgehead atoms. The molecule has 0 spiro atoms. The van der Waals surface area contributed by atoms with Crippen molar-refractivity contribution in [1.29, 1.82) is 0 Å². The third kappa shape index (κ3) is 2.08. The second-order valence-corrected chi connectivity index (χ2v) is 3.18. The van der Waals surface area contributed by atoms with Crippen LogP contribution in [-0.4, -0.2) is 0 Å². The van der Waals surface area contributed by atoms with Crippen molar-refractivity contribution < 1.29 is 5.32 Å². The molecule has 0 heterocycles. The summed E-state index contributed by atoms with van der Waals surface area (Å²) < 4.78 is 0. The van der Waals surface area contributed by atoms with Crippen molar-refractivity contribution in [3.8, 4) is 0 Å². The predicted octanol–water partition coefficient (Wildman–Crippen LogP) is 2.19. The molecule has 0 aliphatic carbocycles. The monoisotopic (exact) mass is 163 g/mol. The van der Waals surface area contributed by atoms with Crippen molar-refractivity contribution >= 4 is 5.69 Å². The summed E-state index contributed by atoms with van der Waals surface area (Å²) in [5.41, 5.74) is 2.62. The number of nitrogens with two attached hydrogens (primary N) is 1. The molecule has 1 aromatic rings. The summed E-state index contributed by atoms with van der Waals surface area (Å²) in [5, 5.41) is 1.88. The quantitative estimate of drug-likeness (QED) is 0.519. The Morgan fingerprint density at radius 2 is 1.92 bits per heavy atom. The number of hydrogen-bond acceptors (Lipinski definition) is 0. The van der Waals surface area contributed by atoms with Crippen molar-refractivity contribution in [3.05, 3.63) is 36.9 Å². The minimum Gasteiger partial charge on any atom is -0.446 e. The summed E-state index contributed by atoms with van der Waals surface area (Å²) in [5.74, 6) is 0.670. The highest BCUT2D eigenvalue weighted by Crippen LogP contribution is 2.18. The lowest BCUT2D eigenvalue weighted by molar-refractivity contribution is -0.504. The van der Waals surface area contributed by atoms with Crippen LogP contribution in [0.2, 0.25) is 0 Å². The fraction of sp³-hybridized carbons (Fsp3) is 0.364. The molecule has 1 unspecified atom stereocenters. The van der Waals surface area contributed by atoms with Gasteiger partial charge in [-0.1, -0.05) is 26.0 Å². The van der Waals surface area contributed by atoms with Crippen molar-refractivity contribution in [2.75, 3.05) is 0 Å². The van der Waals surface area contributed by atoms with E-state index in [1.54, 1.807) is 0 Å². The van der Waals surface area contributed by atoms with Gasteiger partial charge in [-0.3, -0.25) is 0 Å². The molecule has 0 saturated heterocycles. The Hall–Kier alpha value is -0.820. The number of hydrogen-bond donors (Lipinski definition) is 1. The Labute approximate surface area is 74.8 Å². The van der Waals surface area contributed by atoms with E-state index in [9.17, 15) is 0 Å². The third-order valence-electron chi connectivity index (χ3n) is 2.35. The molecule has 0 aromatic heterocycles. The predicted molar refractivity (Wildman–Crippen MR) is 52.1 cm³/mol. The van der Waals surface area contributed by atoms with E-state index in [2.05, 4.69) is 45.2 Å². The molecule has 0 saturated carbocycles. The van der Waals surface area contributed by atoms with Gasteiger partial charge in [0.05, 0.1) is 0 Å². The molecule has 1 heteroatoms. The van der Waals surface area contributed by atoms with E-state index in [4.69, 9.17) is 0 Å². The number of benzene rings is 1. The largest absolute Gasteiger partial charge is 0.446 e. The van der Waals surface area contributed by atoms with Gasteiger partial charge in [0, 0.05) is 0 Å². The fourth-order valence-electron chi connectivity index (χ4n) is 1.20. The molecule has 12 heavy (non-hydrogen) atoms. The van der Waals surface area contributed by atoms with Gasteiger partial charge < -0.3 is 5.32 Å². The fourth-order valence-corrected chi connectivity index (χ4v) is 1.20. The first-order valence-electron chi connectivity index (χ1n) is 4.50. The van der Waals surface area contributed by atoms with E-state index in [0.717, 1.165) is 0 Å². The molecule has 0 aliphatic heterocycles. The lowest BCUT2D eigenvalue weighted by atomic mass is 9.99. The van der Waals surface area contributed by atoms with Gasteiger partial charge in [-0.2, -0.15) is 0 Å². The lowest BCUT2D eigenvalue weighted by Crippen LogP contribution is -2.69. The highest BCUT2D eigenvalue weighted by molar-refractivity contribution is 5.33. The van der Waals surface area contributed by atoms with Crippen LogP contribution in [0.5, 0.6) is 0 Å². The maximum Gasteiger partial charge on any atom is 0.103 e. The average molecular weight is 163 g/mol. The van der Waals surface area contributed by atoms with Crippen molar-refractivity contribution in [2.45, 2.75) is 26.2 Å². The van der Waals surface area contributed by atoms with Crippen molar-refractivity contribution in [3.63, 3.8) is 0 Å². The first kappa shape index (κ1) is 9.27. The van der Waals surface area contributed by atoms with E-state index < -0.39 is 0 Å². The van der Waals surface area contributed by atoms with E-state index in [0.29, 0.717) is 5.92 Å². The minimum absolute atomic E-state index is 0.670. The van der Waals surface area contributed by atoms with Gasteiger partial charge in [0.2, 0.25) is 0 Å². The van der Waals surface area contributed by atoms with Crippen LogP contribution in [0.3, 0.4) is 0 Å². The Bertz CT molecular complexity index is 225. The number of quaternary nitrogens is 1. The Morgan fingerprint density at radius 1 is 1.33 bits per heavy atom. The van der Waals surface area contributed by atoms with Crippen LogP contribution < -0.4 is 5.32 Å². The highest BCUT2D eigenvalue weighted by atomic mass is 14.8. The summed E-state index contributed by atoms with van der Waals surface area (Å²) in [6, 6.07) is 8.61. The molecular formula is C11H17N. The van der Waals surface area contributed by atoms with Crippen LogP contribution in [0.15, 0.2) is 24.3 Å². The van der Waals surface area contributed by atoms with E-state index in [1.165, 1.54) is 17.7 Å². The summed E-state index contributed by atoms with van der Waals surface area (Å²) in [6.07, 6.45) is 1.20. The maximum absolute atomic E-state index is 3.73. The van der Waals surface area contributed by atoms with Gasteiger partial charge in [0.1, 0.15) is 5.69 Å². The zero-order valence-electron chi connectivity index (χ0n) is 7.88. The van der Waals surface area contributed by atoms with Gasteiger partial charge in [0.25, 0.3) is 0 Å². The van der Waals surface area contributed by atoms with E-state index >= 15 is 0 Å². The lowest BCUT2D eigenvalue weighted by Gasteiger charge is -2.08. The molecule has 1 nitrogen and oxygen atoms in total.